The largest absolute Gasteiger partial charge is 0.374 e. The maximum absolute atomic E-state index is 11.7. The van der Waals surface area contributed by atoms with Crippen molar-refractivity contribution in [2.75, 3.05) is 25.7 Å². The molecule has 0 heterocycles. The zero-order valence-electron chi connectivity index (χ0n) is 12.2. The van der Waals surface area contributed by atoms with Gasteiger partial charge >= 0.3 is 0 Å². The van der Waals surface area contributed by atoms with Crippen molar-refractivity contribution in [1.82, 2.24) is 4.90 Å². The van der Waals surface area contributed by atoms with Crippen molar-refractivity contribution in [2.24, 2.45) is 0 Å². The molecule has 0 aliphatic heterocycles. The predicted molar refractivity (Wildman–Crippen MR) is 78.0 cm³/mol. The molecule has 1 atom stereocenters. The van der Waals surface area contributed by atoms with Crippen LogP contribution in [0.3, 0.4) is 0 Å². The molecule has 0 unspecified atom stereocenters. The van der Waals surface area contributed by atoms with E-state index in [-0.39, 0.29) is 10.8 Å². The van der Waals surface area contributed by atoms with Crippen molar-refractivity contribution in [2.45, 2.75) is 17.9 Å². The molecule has 0 saturated heterocycles. The molecule has 0 spiro atoms. The third-order valence-electron chi connectivity index (χ3n) is 2.75. The number of sulfone groups is 1. The Labute approximate surface area is 122 Å². The molecule has 0 aromatic heterocycles. The monoisotopic (exact) mass is 315 g/mol. The molecule has 0 aliphatic carbocycles. The van der Waals surface area contributed by atoms with E-state index in [9.17, 15) is 23.3 Å². The van der Waals surface area contributed by atoms with Crippen LogP contribution in [0.4, 0.5) is 11.4 Å². The second-order valence-corrected chi connectivity index (χ2v) is 6.79. The molecule has 8 nitrogen and oxygen atoms in total. The van der Waals surface area contributed by atoms with Gasteiger partial charge in [0.1, 0.15) is 10.9 Å². The quantitative estimate of drug-likeness (QED) is 0.638. The summed E-state index contributed by atoms with van der Waals surface area (Å²) in [5, 5.41) is 13.7. The number of benzene rings is 1. The molecule has 0 aliphatic rings. The van der Waals surface area contributed by atoms with Crippen LogP contribution in [0.1, 0.15) is 6.92 Å². The number of nitrogens with one attached hydrogen (secondary N) is 1. The Bertz CT molecular complexity index is 669. The van der Waals surface area contributed by atoms with Crippen molar-refractivity contribution < 1.29 is 18.1 Å². The van der Waals surface area contributed by atoms with Crippen molar-refractivity contribution in [3.05, 3.63) is 28.3 Å². The smallest absolute Gasteiger partial charge is 0.288 e. The van der Waals surface area contributed by atoms with Crippen LogP contribution >= 0.6 is 0 Å². The fourth-order valence-electron chi connectivity index (χ4n) is 1.75. The van der Waals surface area contributed by atoms with E-state index in [1.807, 2.05) is 0 Å². The number of nitro groups is 1. The normalized spacial score (nSPS) is 12.6. The van der Waals surface area contributed by atoms with Gasteiger partial charge in [0.2, 0.25) is 5.91 Å². The summed E-state index contributed by atoms with van der Waals surface area (Å²) in [7, 11) is -0.559. The number of likely N-dealkylation sites (N-methyl/N-ethyl adjacent to an activating group) is 1. The SMILES string of the molecule is C[C@H](Nc1ccc([N+](=O)[O-])c(S(C)(=O)=O)c1)C(=O)N(C)C. The first kappa shape index (κ1) is 16.9. The Morgan fingerprint density at radius 2 is 1.95 bits per heavy atom. The topological polar surface area (TPSA) is 110 Å². The number of anilines is 1. The molecule has 21 heavy (non-hydrogen) atoms. The number of hydrogen-bond donors (Lipinski definition) is 1. The molecular formula is C12H17N3O5S. The van der Waals surface area contributed by atoms with E-state index < -0.39 is 26.5 Å². The number of rotatable bonds is 5. The second-order valence-electron chi connectivity index (χ2n) is 4.81. The van der Waals surface area contributed by atoms with E-state index in [0.717, 1.165) is 18.4 Å². The lowest BCUT2D eigenvalue weighted by molar-refractivity contribution is -0.387. The molecule has 1 N–H and O–H groups in total. The Kier molecular flexibility index (Phi) is 4.89. The Morgan fingerprint density at radius 1 is 1.38 bits per heavy atom. The van der Waals surface area contributed by atoms with Gasteiger partial charge in [-0.15, -0.1) is 0 Å². The van der Waals surface area contributed by atoms with Crippen molar-refractivity contribution in [3.63, 3.8) is 0 Å². The molecule has 0 bridgehead atoms. The number of hydrogen-bond acceptors (Lipinski definition) is 6. The molecule has 116 valence electrons. The third kappa shape index (κ3) is 4.15. The molecule has 0 radical (unpaired) electrons. The van der Waals surface area contributed by atoms with E-state index in [4.69, 9.17) is 0 Å². The van der Waals surface area contributed by atoms with Gasteiger partial charge < -0.3 is 10.2 Å². The highest BCUT2D eigenvalue weighted by molar-refractivity contribution is 7.90. The maximum Gasteiger partial charge on any atom is 0.288 e. The minimum atomic E-state index is -3.75. The number of nitro benzene ring substituents is 1. The van der Waals surface area contributed by atoms with Crippen LogP contribution in [0.2, 0.25) is 0 Å². The van der Waals surface area contributed by atoms with Crippen LogP contribution in [0.25, 0.3) is 0 Å². The highest BCUT2D eigenvalue weighted by Crippen LogP contribution is 2.27. The van der Waals surface area contributed by atoms with Gasteiger partial charge in [-0.1, -0.05) is 0 Å². The molecule has 1 aromatic rings. The average molecular weight is 315 g/mol. The molecule has 0 saturated carbocycles. The molecule has 0 fully saturated rings. The maximum atomic E-state index is 11.7. The van der Waals surface area contributed by atoms with Crippen LogP contribution in [-0.2, 0) is 14.6 Å². The van der Waals surface area contributed by atoms with Gasteiger partial charge in [-0.2, -0.15) is 0 Å². The lowest BCUT2D eigenvalue weighted by Crippen LogP contribution is -2.36. The Morgan fingerprint density at radius 3 is 2.38 bits per heavy atom. The lowest BCUT2D eigenvalue weighted by atomic mass is 10.2. The molecular weight excluding hydrogens is 298 g/mol. The summed E-state index contributed by atoms with van der Waals surface area (Å²) in [4.78, 5) is 22.8. The lowest BCUT2D eigenvalue weighted by Gasteiger charge is -2.19. The van der Waals surface area contributed by atoms with Crippen molar-refractivity contribution in [1.29, 1.82) is 0 Å². The van der Waals surface area contributed by atoms with Crippen LogP contribution in [0.15, 0.2) is 23.1 Å². The summed E-state index contributed by atoms with van der Waals surface area (Å²) >= 11 is 0. The summed E-state index contributed by atoms with van der Waals surface area (Å²) < 4.78 is 23.3. The zero-order valence-corrected chi connectivity index (χ0v) is 13.0. The molecule has 1 aromatic carbocycles. The predicted octanol–water partition coefficient (Wildman–Crippen LogP) is 0.887. The van der Waals surface area contributed by atoms with Gasteiger partial charge in [0.05, 0.1) is 4.92 Å². The van der Waals surface area contributed by atoms with Gasteiger partial charge in [0, 0.05) is 32.1 Å². The van der Waals surface area contributed by atoms with Gasteiger partial charge in [0.15, 0.2) is 9.84 Å². The highest BCUT2D eigenvalue weighted by atomic mass is 32.2. The average Bonchev–Trinajstić information content (AvgIpc) is 2.36. The van der Waals surface area contributed by atoms with Crippen LogP contribution in [0.5, 0.6) is 0 Å². The molecule has 1 rings (SSSR count). The fraction of sp³-hybridized carbons (Fsp3) is 0.417. The van der Waals surface area contributed by atoms with Gasteiger partial charge in [-0.05, 0) is 19.1 Å². The first-order valence-corrected chi connectivity index (χ1v) is 7.89. The number of amides is 1. The summed E-state index contributed by atoms with van der Waals surface area (Å²) in [6.45, 7) is 1.61. The number of carbonyl (C=O) groups is 1. The van der Waals surface area contributed by atoms with E-state index in [1.54, 1.807) is 21.0 Å². The number of nitrogens with zero attached hydrogens (tertiary/aromatic N) is 2. The Hall–Kier alpha value is -2.16. The van der Waals surface area contributed by atoms with E-state index in [0.29, 0.717) is 5.69 Å². The molecule has 9 heteroatoms. The van der Waals surface area contributed by atoms with Gasteiger partial charge in [0.25, 0.3) is 5.69 Å². The summed E-state index contributed by atoms with van der Waals surface area (Å²) in [6, 6.07) is 3.04. The summed E-state index contributed by atoms with van der Waals surface area (Å²) in [6.07, 6.45) is 0.896. The molecule has 1 amide bonds. The Balaban J connectivity index is 3.18. The van der Waals surface area contributed by atoms with Crippen molar-refractivity contribution >= 4 is 27.1 Å². The van der Waals surface area contributed by atoms with Crippen LogP contribution < -0.4 is 5.32 Å². The third-order valence-corrected chi connectivity index (χ3v) is 3.88. The van der Waals surface area contributed by atoms with E-state index >= 15 is 0 Å². The van der Waals surface area contributed by atoms with E-state index in [1.165, 1.54) is 11.0 Å². The number of carbonyl (C=O) groups excluding carboxylic acids is 1. The van der Waals surface area contributed by atoms with Crippen LogP contribution in [0, 0.1) is 10.1 Å². The zero-order chi connectivity index (χ0) is 16.4. The first-order valence-electron chi connectivity index (χ1n) is 6.00. The fourth-order valence-corrected chi connectivity index (χ4v) is 2.61. The minimum absolute atomic E-state index is 0.200. The highest BCUT2D eigenvalue weighted by Gasteiger charge is 2.23. The summed E-state index contributed by atoms with van der Waals surface area (Å²) in [5.74, 6) is -0.200. The van der Waals surface area contributed by atoms with Gasteiger partial charge in [-0.3, -0.25) is 14.9 Å². The summed E-state index contributed by atoms with van der Waals surface area (Å²) in [5.41, 5.74) is -0.168. The van der Waals surface area contributed by atoms with Gasteiger partial charge in [-0.25, -0.2) is 8.42 Å². The van der Waals surface area contributed by atoms with Crippen molar-refractivity contribution in [3.8, 4) is 0 Å². The second kappa shape index (κ2) is 6.08. The first-order chi connectivity index (χ1) is 9.54. The minimum Gasteiger partial charge on any atom is -0.374 e. The van der Waals surface area contributed by atoms with Crippen LogP contribution in [-0.4, -0.2) is 50.5 Å². The standard InChI is InChI=1S/C12H17N3O5S/c1-8(12(16)14(2)3)13-9-5-6-10(15(17)18)11(7-9)21(4,19)20/h5-8,13H,1-4H3/t8-/m0/s1. The van der Waals surface area contributed by atoms with E-state index in [2.05, 4.69) is 5.32 Å².